The van der Waals surface area contributed by atoms with E-state index in [1.807, 2.05) is 13.8 Å². The fraction of sp³-hybridized carbons (Fsp3) is 0.864. The lowest BCUT2D eigenvalue weighted by atomic mass is 10.3. The van der Waals surface area contributed by atoms with Crippen molar-refractivity contribution in [2.75, 3.05) is 93.3 Å². The number of methoxy groups -OCH3 is 3. The Morgan fingerprint density at radius 2 is 1.16 bits per heavy atom. The third-order valence-electron chi connectivity index (χ3n) is 5.26. The van der Waals surface area contributed by atoms with E-state index in [-0.39, 0.29) is 19.3 Å². The van der Waals surface area contributed by atoms with Crippen LogP contribution in [0.4, 0.5) is 0 Å². The number of carbonyl (C=O) groups excluding carboxylic acids is 3. The lowest BCUT2D eigenvalue weighted by Gasteiger charge is -2.35. The van der Waals surface area contributed by atoms with Crippen molar-refractivity contribution in [1.82, 2.24) is 20.0 Å². The Balaban J connectivity index is 0. The van der Waals surface area contributed by atoms with E-state index in [2.05, 4.69) is 24.8 Å². The molecule has 1 aliphatic rings. The molecule has 1 saturated heterocycles. The van der Waals surface area contributed by atoms with Crippen LogP contribution in [-0.2, 0) is 28.6 Å². The smallest absolute Gasteiger partial charge is 0.306 e. The number of piperazine rings is 1. The van der Waals surface area contributed by atoms with E-state index >= 15 is 0 Å². The molecule has 0 radical (unpaired) electrons. The van der Waals surface area contributed by atoms with Crippen LogP contribution in [0.3, 0.4) is 0 Å². The number of esters is 3. The Labute approximate surface area is 195 Å². The summed E-state index contributed by atoms with van der Waals surface area (Å²) in [5.41, 5.74) is 0. The summed E-state index contributed by atoms with van der Waals surface area (Å²) in [6.07, 6.45) is 1.02. The highest BCUT2D eigenvalue weighted by molar-refractivity contribution is 5.70. The summed E-state index contributed by atoms with van der Waals surface area (Å²) in [4.78, 5) is 40.9. The van der Waals surface area contributed by atoms with Crippen molar-refractivity contribution in [1.29, 1.82) is 0 Å². The Hall–Kier alpha value is -1.75. The van der Waals surface area contributed by atoms with Crippen molar-refractivity contribution in [2.45, 2.75) is 33.1 Å². The summed E-state index contributed by atoms with van der Waals surface area (Å²) in [7, 11) is 4.17. The number of hydrogen-bond acceptors (Lipinski definition) is 10. The summed E-state index contributed by atoms with van der Waals surface area (Å²) >= 11 is 0. The Bertz CT molecular complexity index is 499. The van der Waals surface area contributed by atoms with Gasteiger partial charge in [0.2, 0.25) is 0 Å². The van der Waals surface area contributed by atoms with Crippen LogP contribution in [0.1, 0.15) is 34.5 Å². The number of nitrogens with zero attached hydrogens (tertiary/aromatic N) is 3. The van der Waals surface area contributed by atoms with Crippen molar-refractivity contribution < 1.29 is 30.0 Å². The maximum Gasteiger partial charge on any atom is 0.306 e. The van der Waals surface area contributed by atoms with Gasteiger partial charge in [0.25, 0.3) is 0 Å². The molecule has 190 valence electrons. The van der Waals surface area contributed by atoms with Gasteiger partial charge in [0, 0.05) is 73.4 Å². The zero-order valence-electron chi connectivity index (χ0n) is 20.7. The third kappa shape index (κ3) is 15.1. The minimum Gasteiger partial charge on any atom is -0.469 e. The van der Waals surface area contributed by atoms with Gasteiger partial charge in [-0.15, -0.1) is 0 Å². The van der Waals surface area contributed by atoms with Gasteiger partial charge in [-0.05, 0) is 0 Å². The van der Waals surface area contributed by atoms with Crippen LogP contribution in [0.5, 0.6) is 0 Å². The molecule has 0 aliphatic carbocycles. The summed E-state index contributed by atoms with van der Waals surface area (Å²) in [6.45, 7) is 13.3. The first-order valence-electron chi connectivity index (χ1n) is 11.6. The quantitative estimate of drug-likeness (QED) is 0.210. The van der Waals surface area contributed by atoms with Gasteiger partial charge in [0.1, 0.15) is 0 Å². The fourth-order valence-corrected chi connectivity index (χ4v) is 3.21. The normalized spacial score (nSPS) is 14.4. The molecule has 1 fully saturated rings. The molecule has 0 aromatic heterocycles. The zero-order valence-corrected chi connectivity index (χ0v) is 20.7. The van der Waals surface area contributed by atoms with Crippen LogP contribution in [0.2, 0.25) is 0 Å². The number of rotatable bonds is 15. The van der Waals surface area contributed by atoms with Crippen LogP contribution in [0.15, 0.2) is 0 Å². The third-order valence-corrected chi connectivity index (χ3v) is 5.26. The molecule has 1 aliphatic heterocycles. The molecule has 32 heavy (non-hydrogen) atoms. The van der Waals surface area contributed by atoms with Gasteiger partial charge in [0.15, 0.2) is 0 Å². The highest BCUT2D eigenvalue weighted by Crippen LogP contribution is 2.03. The predicted octanol–water partition coefficient (Wildman–Crippen LogP) is 0.457. The van der Waals surface area contributed by atoms with E-state index in [0.717, 1.165) is 52.4 Å². The molecular formula is C22H46N4O6. The van der Waals surface area contributed by atoms with Gasteiger partial charge in [-0.3, -0.25) is 24.2 Å². The Kier molecular flexibility index (Phi) is 18.8. The van der Waals surface area contributed by atoms with Crippen molar-refractivity contribution in [3.05, 3.63) is 0 Å². The molecule has 0 saturated carbocycles. The van der Waals surface area contributed by atoms with Gasteiger partial charge in [0.05, 0.1) is 40.6 Å². The largest absolute Gasteiger partial charge is 0.469 e. The molecule has 0 atom stereocenters. The molecule has 0 amide bonds. The maximum absolute atomic E-state index is 11.4. The average Bonchev–Trinajstić information content (AvgIpc) is 2.84. The molecule has 0 spiro atoms. The topological polar surface area (TPSA) is 101 Å². The van der Waals surface area contributed by atoms with E-state index in [9.17, 15) is 14.4 Å². The van der Waals surface area contributed by atoms with Gasteiger partial charge >= 0.3 is 17.9 Å². The summed E-state index contributed by atoms with van der Waals surface area (Å²) in [5, 5.41) is 3.27. The van der Waals surface area contributed by atoms with Gasteiger partial charge in [-0.1, -0.05) is 13.8 Å². The number of nitrogens with one attached hydrogen (secondary N) is 1. The second kappa shape index (κ2) is 19.9. The number of carbonyl (C=O) groups is 3. The van der Waals surface area contributed by atoms with Crippen molar-refractivity contribution in [3.8, 4) is 0 Å². The molecule has 1 heterocycles. The van der Waals surface area contributed by atoms with Crippen molar-refractivity contribution in [3.63, 3.8) is 0 Å². The van der Waals surface area contributed by atoms with Crippen molar-refractivity contribution >= 4 is 17.9 Å². The SMILES string of the molecule is CC.COC(=O)CCNCCN1CCN(CCN(CCC(=O)OC)CCC(=O)OC)CC1.[HH]. The first kappa shape index (κ1) is 30.2. The molecule has 0 aromatic rings. The van der Waals surface area contributed by atoms with Crippen LogP contribution < -0.4 is 5.32 Å². The summed E-state index contributed by atoms with van der Waals surface area (Å²) < 4.78 is 14.1. The lowest BCUT2D eigenvalue weighted by molar-refractivity contribution is -0.142. The van der Waals surface area contributed by atoms with Gasteiger partial charge in [-0.2, -0.15) is 0 Å². The molecule has 10 nitrogen and oxygen atoms in total. The van der Waals surface area contributed by atoms with E-state index in [1.165, 1.54) is 21.3 Å². The highest BCUT2D eigenvalue weighted by atomic mass is 16.5. The van der Waals surface area contributed by atoms with Crippen LogP contribution in [0.25, 0.3) is 0 Å². The molecule has 0 bridgehead atoms. The minimum atomic E-state index is -0.244. The van der Waals surface area contributed by atoms with Gasteiger partial charge in [-0.25, -0.2) is 0 Å². The minimum absolute atomic E-state index is 0. The van der Waals surface area contributed by atoms with E-state index in [0.29, 0.717) is 38.9 Å². The first-order chi connectivity index (χ1) is 15.5. The van der Waals surface area contributed by atoms with Crippen LogP contribution in [0, 0.1) is 0 Å². The van der Waals surface area contributed by atoms with Crippen molar-refractivity contribution in [2.24, 2.45) is 0 Å². The molecule has 0 unspecified atom stereocenters. The van der Waals surface area contributed by atoms with Gasteiger partial charge < -0.3 is 24.4 Å². The summed E-state index contributed by atoms with van der Waals surface area (Å²) in [6, 6.07) is 0. The van der Waals surface area contributed by atoms with Crippen LogP contribution in [-0.4, -0.2) is 126 Å². The summed E-state index contributed by atoms with van der Waals surface area (Å²) in [5.74, 6) is -0.679. The molecule has 0 aromatic carbocycles. The molecular weight excluding hydrogens is 416 g/mol. The first-order valence-corrected chi connectivity index (χ1v) is 11.6. The molecule has 1 N–H and O–H groups in total. The second-order valence-electron chi connectivity index (χ2n) is 7.25. The highest BCUT2D eigenvalue weighted by Gasteiger charge is 2.18. The fourth-order valence-electron chi connectivity index (χ4n) is 3.21. The maximum atomic E-state index is 11.4. The monoisotopic (exact) mass is 462 g/mol. The van der Waals surface area contributed by atoms with Crippen LogP contribution >= 0.6 is 0 Å². The van der Waals surface area contributed by atoms with E-state index in [1.54, 1.807) is 0 Å². The van der Waals surface area contributed by atoms with E-state index in [4.69, 9.17) is 9.47 Å². The number of ether oxygens (including phenoxy) is 3. The lowest BCUT2D eigenvalue weighted by Crippen LogP contribution is -2.50. The Morgan fingerprint density at radius 3 is 1.62 bits per heavy atom. The van der Waals surface area contributed by atoms with E-state index < -0.39 is 0 Å². The molecule has 1 rings (SSSR count). The zero-order chi connectivity index (χ0) is 24.2. The Morgan fingerprint density at radius 1 is 0.719 bits per heavy atom. The number of hydrogen-bond donors (Lipinski definition) is 1. The standard InChI is InChI=1S/C20H38N4O6.C2H6.H2/c1-28-18(25)4-7-21-8-11-23-13-16-24(17-14-23)15-12-22(9-5-19(26)29-2)10-6-20(27)30-3;1-2;/h21H,4-17H2,1-3H3;1-2H3;1H. The average molecular weight is 463 g/mol. The molecule has 10 heteroatoms. The second-order valence-corrected chi connectivity index (χ2v) is 7.25. The predicted molar refractivity (Wildman–Crippen MR) is 126 cm³/mol.